The fourth-order valence-electron chi connectivity index (χ4n) is 1.74. The summed E-state index contributed by atoms with van der Waals surface area (Å²) < 4.78 is 1.79. The number of nitrogens with one attached hydrogen (secondary N) is 1. The first kappa shape index (κ1) is 25.7. The maximum atomic E-state index is 5.75. The smallest absolute Gasteiger partial charge is 0.146 e. The summed E-state index contributed by atoms with van der Waals surface area (Å²) in [5.74, 6) is 0.929. The topological polar surface area (TPSA) is 116 Å². The summed E-state index contributed by atoms with van der Waals surface area (Å²) >= 11 is 6.57. The fourth-order valence-corrected chi connectivity index (χ4v) is 2.42. The molecule has 0 saturated heterocycles. The summed E-state index contributed by atoms with van der Waals surface area (Å²) in [5.41, 5.74) is 17.9. The van der Waals surface area contributed by atoms with E-state index in [2.05, 4.69) is 61.0 Å². The molecular weight excluding hydrogens is 448 g/mol. The molecule has 2 heterocycles. The van der Waals surface area contributed by atoms with Gasteiger partial charge >= 0.3 is 0 Å². The zero-order valence-electron chi connectivity index (χ0n) is 13.2. The number of halogens is 2. The van der Waals surface area contributed by atoms with Gasteiger partial charge in [-0.25, -0.2) is 9.97 Å². The Balaban J connectivity index is 0. The third-order valence-electron chi connectivity index (χ3n) is 3.15. The highest BCUT2D eigenvalue weighted by Crippen LogP contribution is 2.22. The molecule has 2 rings (SSSR count). The van der Waals surface area contributed by atoms with Crippen molar-refractivity contribution in [1.29, 1.82) is 0 Å². The largest absolute Gasteiger partial charge is 0.396 e. The van der Waals surface area contributed by atoms with E-state index in [0.29, 0.717) is 23.4 Å². The lowest BCUT2D eigenvalue weighted by Crippen LogP contribution is -2.18. The average Bonchev–Trinajstić information content (AvgIpc) is 2.52. The molecule has 6 nitrogen and oxygen atoms in total. The summed E-state index contributed by atoms with van der Waals surface area (Å²) in [4.78, 5) is 7.85. The second-order valence-electron chi connectivity index (χ2n) is 4.87. The number of hydrogen-bond donors (Lipinski definition) is 4. The standard InChI is InChI=1S/C10H16BrN3.C5H6BrN3.2CH4/c1-3-8(4-2)14-9-5-7(11)6-13-10(9)12;6-3-1-4(7)5(8)9-2-3;;/h5-6,8,14H,3-4H2,1-2H3,(H2,12,13);1-2H,7H2,(H2,8,9);2*1H4. The maximum absolute atomic E-state index is 5.75. The Morgan fingerprint density at radius 1 is 0.920 bits per heavy atom. The lowest BCUT2D eigenvalue weighted by molar-refractivity contribution is 0.671. The Kier molecular flexibility index (Phi) is 13.1. The second-order valence-corrected chi connectivity index (χ2v) is 6.70. The summed E-state index contributed by atoms with van der Waals surface area (Å²) in [6.07, 6.45) is 5.48. The molecule has 8 heteroatoms. The van der Waals surface area contributed by atoms with Gasteiger partial charge in [-0.15, -0.1) is 0 Å². The van der Waals surface area contributed by atoms with Gasteiger partial charge < -0.3 is 22.5 Å². The van der Waals surface area contributed by atoms with Crippen LogP contribution in [0.5, 0.6) is 0 Å². The van der Waals surface area contributed by atoms with E-state index < -0.39 is 0 Å². The molecule has 0 aliphatic heterocycles. The Morgan fingerprint density at radius 3 is 1.84 bits per heavy atom. The van der Waals surface area contributed by atoms with Crippen LogP contribution in [-0.4, -0.2) is 16.0 Å². The van der Waals surface area contributed by atoms with Crippen molar-refractivity contribution in [3.8, 4) is 0 Å². The van der Waals surface area contributed by atoms with Crippen molar-refractivity contribution in [2.24, 2.45) is 0 Å². The third kappa shape index (κ3) is 8.92. The van der Waals surface area contributed by atoms with E-state index in [0.717, 1.165) is 27.5 Å². The first-order valence-corrected chi connectivity index (χ1v) is 8.80. The number of nitrogens with two attached hydrogens (primary N) is 3. The van der Waals surface area contributed by atoms with E-state index in [1.807, 2.05) is 6.07 Å². The molecule has 0 aliphatic rings. The zero-order valence-corrected chi connectivity index (χ0v) is 16.4. The van der Waals surface area contributed by atoms with Crippen molar-refractivity contribution in [2.45, 2.75) is 47.6 Å². The summed E-state index contributed by atoms with van der Waals surface area (Å²) in [6.45, 7) is 4.31. The Hall–Kier alpha value is -1.54. The Morgan fingerprint density at radius 2 is 1.40 bits per heavy atom. The minimum absolute atomic E-state index is 0. The molecule has 0 atom stereocenters. The summed E-state index contributed by atoms with van der Waals surface area (Å²) in [5, 5.41) is 3.37. The van der Waals surface area contributed by atoms with Gasteiger partial charge in [-0.3, -0.25) is 0 Å². The molecule has 2 aromatic rings. The Bertz CT molecular complexity index is 633. The number of rotatable bonds is 4. The van der Waals surface area contributed by atoms with Crippen LogP contribution in [-0.2, 0) is 0 Å². The van der Waals surface area contributed by atoms with Crippen molar-refractivity contribution in [3.63, 3.8) is 0 Å². The van der Waals surface area contributed by atoms with Crippen LogP contribution in [0, 0.1) is 0 Å². The summed E-state index contributed by atoms with van der Waals surface area (Å²) in [6, 6.07) is 4.14. The molecule has 0 aromatic carbocycles. The number of nitrogen functional groups attached to an aromatic ring is 3. The number of anilines is 4. The molecule has 0 bridgehead atoms. The molecule has 7 N–H and O–H groups in total. The monoisotopic (exact) mass is 476 g/mol. The van der Waals surface area contributed by atoms with E-state index in [1.54, 1.807) is 18.5 Å². The molecule has 2 aromatic heterocycles. The van der Waals surface area contributed by atoms with Gasteiger partial charge in [-0.05, 0) is 56.8 Å². The van der Waals surface area contributed by atoms with Crippen LogP contribution in [0.15, 0.2) is 33.5 Å². The van der Waals surface area contributed by atoms with E-state index in [9.17, 15) is 0 Å². The van der Waals surface area contributed by atoms with Crippen LogP contribution in [0.4, 0.5) is 23.0 Å². The van der Waals surface area contributed by atoms with Crippen LogP contribution < -0.4 is 22.5 Å². The highest BCUT2D eigenvalue weighted by molar-refractivity contribution is 9.10. The number of nitrogens with zero attached hydrogens (tertiary/aromatic N) is 2. The average molecular weight is 478 g/mol. The molecule has 25 heavy (non-hydrogen) atoms. The predicted molar refractivity (Wildman–Crippen MR) is 119 cm³/mol. The van der Waals surface area contributed by atoms with Crippen LogP contribution in [0.2, 0.25) is 0 Å². The van der Waals surface area contributed by atoms with Crippen LogP contribution in [0.25, 0.3) is 0 Å². The van der Waals surface area contributed by atoms with E-state index >= 15 is 0 Å². The van der Waals surface area contributed by atoms with Gasteiger partial charge in [0.25, 0.3) is 0 Å². The van der Waals surface area contributed by atoms with Gasteiger partial charge in [-0.2, -0.15) is 0 Å². The molecule has 0 saturated carbocycles. The first-order valence-electron chi connectivity index (χ1n) is 7.21. The van der Waals surface area contributed by atoms with Crippen molar-refractivity contribution >= 4 is 54.9 Å². The zero-order chi connectivity index (χ0) is 17.4. The Labute approximate surface area is 168 Å². The van der Waals surface area contributed by atoms with E-state index in [1.165, 1.54) is 0 Å². The van der Waals surface area contributed by atoms with Gasteiger partial charge in [0.05, 0.1) is 11.4 Å². The predicted octanol–water partition coefficient (Wildman–Crippen LogP) is 5.31. The minimum Gasteiger partial charge on any atom is -0.396 e. The van der Waals surface area contributed by atoms with E-state index in [4.69, 9.17) is 17.2 Å². The van der Waals surface area contributed by atoms with Crippen molar-refractivity contribution in [3.05, 3.63) is 33.5 Å². The van der Waals surface area contributed by atoms with Crippen molar-refractivity contribution in [2.75, 3.05) is 22.5 Å². The normalized spacial score (nSPS) is 9.32. The van der Waals surface area contributed by atoms with Gasteiger partial charge in [-0.1, -0.05) is 28.7 Å². The lowest BCUT2D eigenvalue weighted by atomic mass is 10.1. The quantitative estimate of drug-likeness (QED) is 0.474. The van der Waals surface area contributed by atoms with Gasteiger partial charge in [0, 0.05) is 27.4 Å². The minimum atomic E-state index is 0. The van der Waals surface area contributed by atoms with Gasteiger partial charge in [0.15, 0.2) is 0 Å². The van der Waals surface area contributed by atoms with Crippen LogP contribution in [0.3, 0.4) is 0 Å². The third-order valence-corrected chi connectivity index (χ3v) is 4.01. The highest BCUT2D eigenvalue weighted by atomic mass is 79.9. The highest BCUT2D eigenvalue weighted by Gasteiger charge is 2.06. The van der Waals surface area contributed by atoms with Crippen LogP contribution >= 0.6 is 31.9 Å². The molecule has 0 aliphatic carbocycles. The van der Waals surface area contributed by atoms with Crippen molar-refractivity contribution < 1.29 is 0 Å². The number of aromatic nitrogens is 2. The van der Waals surface area contributed by atoms with E-state index in [-0.39, 0.29) is 14.9 Å². The van der Waals surface area contributed by atoms with Crippen LogP contribution in [0.1, 0.15) is 41.5 Å². The van der Waals surface area contributed by atoms with Gasteiger partial charge in [0.1, 0.15) is 11.6 Å². The maximum Gasteiger partial charge on any atom is 0.146 e. The molecule has 0 amide bonds. The number of pyridine rings is 2. The lowest BCUT2D eigenvalue weighted by Gasteiger charge is -2.17. The summed E-state index contributed by atoms with van der Waals surface area (Å²) in [7, 11) is 0. The molecule has 0 radical (unpaired) electrons. The molecule has 0 spiro atoms. The number of hydrogen-bond acceptors (Lipinski definition) is 6. The molecule has 0 unspecified atom stereocenters. The molecule has 142 valence electrons. The molecule has 0 fully saturated rings. The first-order chi connectivity index (χ1) is 10.9. The fraction of sp³-hybridized carbons (Fsp3) is 0.412. The van der Waals surface area contributed by atoms with Crippen molar-refractivity contribution in [1.82, 2.24) is 9.97 Å². The second kappa shape index (κ2) is 12.8. The van der Waals surface area contributed by atoms with Gasteiger partial charge in [0.2, 0.25) is 0 Å². The molecular formula is C17H30Br2N6. The SMILES string of the molecule is C.C.CCC(CC)Nc1cc(Br)cnc1N.Nc1cc(Br)cnc1N.